The summed E-state index contributed by atoms with van der Waals surface area (Å²) in [5, 5.41) is 0. The van der Waals surface area contributed by atoms with Gasteiger partial charge in [-0.1, -0.05) is 25.7 Å². The predicted octanol–water partition coefficient (Wildman–Crippen LogP) is 3.09. The van der Waals surface area contributed by atoms with Crippen molar-refractivity contribution in [2.75, 3.05) is 6.54 Å². The first-order valence-corrected chi connectivity index (χ1v) is 6.07. The summed E-state index contributed by atoms with van der Waals surface area (Å²) in [6, 6.07) is 0. The average Bonchev–Trinajstić information content (AvgIpc) is 2.52. The standard InChI is InChI=1S/C12H23N/c13-10-6-11-5-4-9-12(11)7-2-1-3-8-12/h11H,1-10,13H2. The molecule has 0 aromatic heterocycles. The molecular formula is C12H23N. The van der Waals surface area contributed by atoms with Crippen molar-refractivity contribution in [1.82, 2.24) is 0 Å². The zero-order valence-corrected chi connectivity index (χ0v) is 8.73. The lowest BCUT2D eigenvalue weighted by Gasteiger charge is -2.39. The number of hydrogen-bond donors (Lipinski definition) is 1. The van der Waals surface area contributed by atoms with Gasteiger partial charge in [0, 0.05) is 0 Å². The fourth-order valence-electron chi connectivity index (χ4n) is 3.78. The molecule has 1 spiro atoms. The third-order valence-electron chi connectivity index (χ3n) is 4.46. The van der Waals surface area contributed by atoms with Crippen molar-refractivity contribution < 1.29 is 0 Å². The zero-order chi connectivity index (χ0) is 9.15. The molecule has 0 aromatic carbocycles. The molecule has 1 atom stereocenters. The van der Waals surface area contributed by atoms with Crippen molar-refractivity contribution >= 4 is 0 Å². The van der Waals surface area contributed by atoms with Gasteiger partial charge in [0.1, 0.15) is 0 Å². The smallest absolute Gasteiger partial charge is 0.00744 e. The SMILES string of the molecule is NCCC1CCCC12CCCCC2. The van der Waals surface area contributed by atoms with E-state index in [1.165, 1.54) is 57.8 Å². The van der Waals surface area contributed by atoms with E-state index in [0.717, 1.165) is 17.9 Å². The van der Waals surface area contributed by atoms with Crippen molar-refractivity contribution in [3.63, 3.8) is 0 Å². The summed E-state index contributed by atoms with van der Waals surface area (Å²) < 4.78 is 0. The Balaban J connectivity index is 2.00. The Kier molecular flexibility index (Phi) is 2.92. The molecule has 0 bridgehead atoms. The van der Waals surface area contributed by atoms with E-state index in [9.17, 15) is 0 Å². The van der Waals surface area contributed by atoms with Crippen LogP contribution in [-0.2, 0) is 0 Å². The zero-order valence-electron chi connectivity index (χ0n) is 8.73. The van der Waals surface area contributed by atoms with Crippen LogP contribution in [0.1, 0.15) is 57.8 Å². The highest BCUT2D eigenvalue weighted by atomic mass is 14.6. The second-order valence-electron chi connectivity index (χ2n) is 5.09. The summed E-state index contributed by atoms with van der Waals surface area (Å²) in [4.78, 5) is 0. The van der Waals surface area contributed by atoms with Crippen LogP contribution in [0.15, 0.2) is 0 Å². The van der Waals surface area contributed by atoms with E-state index in [1.54, 1.807) is 0 Å². The van der Waals surface area contributed by atoms with Gasteiger partial charge < -0.3 is 5.73 Å². The maximum Gasteiger partial charge on any atom is -0.00744 e. The molecule has 13 heavy (non-hydrogen) atoms. The highest BCUT2D eigenvalue weighted by Crippen LogP contribution is 2.53. The van der Waals surface area contributed by atoms with Crippen LogP contribution in [0.2, 0.25) is 0 Å². The molecular weight excluding hydrogens is 158 g/mol. The fraction of sp³-hybridized carbons (Fsp3) is 1.00. The Morgan fingerprint density at radius 3 is 2.38 bits per heavy atom. The van der Waals surface area contributed by atoms with Gasteiger partial charge in [-0.25, -0.2) is 0 Å². The van der Waals surface area contributed by atoms with Crippen LogP contribution in [0, 0.1) is 11.3 Å². The summed E-state index contributed by atoms with van der Waals surface area (Å²) >= 11 is 0. The van der Waals surface area contributed by atoms with E-state index < -0.39 is 0 Å². The third-order valence-corrected chi connectivity index (χ3v) is 4.46. The van der Waals surface area contributed by atoms with Crippen LogP contribution in [0.4, 0.5) is 0 Å². The molecule has 0 heterocycles. The maximum absolute atomic E-state index is 5.70. The van der Waals surface area contributed by atoms with Crippen molar-refractivity contribution in [3.8, 4) is 0 Å². The lowest BCUT2D eigenvalue weighted by molar-refractivity contribution is 0.122. The molecule has 2 rings (SSSR count). The summed E-state index contributed by atoms with van der Waals surface area (Å²) in [7, 11) is 0. The quantitative estimate of drug-likeness (QED) is 0.696. The lowest BCUT2D eigenvalue weighted by atomic mass is 9.66. The van der Waals surface area contributed by atoms with Crippen molar-refractivity contribution in [2.24, 2.45) is 17.1 Å². The minimum atomic E-state index is 0.762. The van der Waals surface area contributed by atoms with Crippen molar-refractivity contribution in [1.29, 1.82) is 0 Å². The second kappa shape index (κ2) is 4.00. The summed E-state index contributed by atoms with van der Waals surface area (Å²) in [6.45, 7) is 0.909. The Bertz CT molecular complexity index is 159. The van der Waals surface area contributed by atoms with E-state index in [-0.39, 0.29) is 0 Å². The third kappa shape index (κ3) is 1.76. The normalized spacial score (nSPS) is 32.5. The van der Waals surface area contributed by atoms with Gasteiger partial charge >= 0.3 is 0 Å². The van der Waals surface area contributed by atoms with Crippen LogP contribution >= 0.6 is 0 Å². The van der Waals surface area contributed by atoms with Crippen LogP contribution in [-0.4, -0.2) is 6.54 Å². The van der Waals surface area contributed by atoms with Gasteiger partial charge in [0.15, 0.2) is 0 Å². The first kappa shape index (κ1) is 9.51. The van der Waals surface area contributed by atoms with Gasteiger partial charge in [-0.2, -0.15) is 0 Å². The van der Waals surface area contributed by atoms with E-state index in [4.69, 9.17) is 5.73 Å². The van der Waals surface area contributed by atoms with Crippen molar-refractivity contribution in [2.45, 2.75) is 57.8 Å². The Labute approximate surface area is 82.1 Å². The minimum absolute atomic E-state index is 0.762. The number of rotatable bonds is 2. The largest absolute Gasteiger partial charge is 0.330 e. The van der Waals surface area contributed by atoms with E-state index in [0.29, 0.717) is 0 Å². The van der Waals surface area contributed by atoms with Gasteiger partial charge in [0.05, 0.1) is 0 Å². The Morgan fingerprint density at radius 2 is 1.69 bits per heavy atom. The molecule has 76 valence electrons. The highest BCUT2D eigenvalue weighted by molar-refractivity contribution is 4.93. The molecule has 1 unspecified atom stereocenters. The highest BCUT2D eigenvalue weighted by Gasteiger charge is 2.42. The molecule has 0 amide bonds. The van der Waals surface area contributed by atoms with Crippen molar-refractivity contribution in [3.05, 3.63) is 0 Å². The number of nitrogens with two attached hydrogens (primary N) is 1. The molecule has 2 N–H and O–H groups in total. The molecule has 0 aromatic rings. The average molecular weight is 181 g/mol. The molecule has 0 aliphatic heterocycles. The second-order valence-corrected chi connectivity index (χ2v) is 5.09. The maximum atomic E-state index is 5.70. The molecule has 2 aliphatic carbocycles. The Hall–Kier alpha value is -0.0400. The summed E-state index contributed by atoms with van der Waals surface area (Å²) in [6.07, 6.45) is 13.2. The molecule has 2 saturated carbocycles. The van der Waals surface area contributed by atoms with E-state index in [1.807, 2.05) is 0 Å². The van der Waals surface area contributed by atoms with Crippen LogP contribution in [0.5, 0.6) is 0 Å². The molecule has 0 radical (unpaired) electrons. The summed E-state index contributed by atoms with van der Waals surface area (Å²) in [5.74, 6) is 0.984. The van der Waals surface area contributed by atoms with Crippen LogP contribution in [0.25, 0.3) is 0 Å². The monoisotopic (exact) mass is 181 g/mol. The first-order valence-electron chi connectivity index (χ1n) is 6.07. The minimum Gasteiger partial charge on any atom is -0.330 e. The summed E-state index contributed by atoms with van der Waals surface area (Å²) in [5.41, 5.74) is 6.46. The topological polar surface area (TPSA) is 26.0 Å². The van der Waals surface area contributed by atoms with Gasteiger partial charge in [-0.3, -0.25) is 0 Å². The van der Waals surface area contributed by atoms with Gasteiger partial charge in [0.25, 0.3) is 0 Å². The molecule has 2 fully saturated rings. The van der Waals surface area contributed by atoms with Gasteiger partial charge in [-0.05, 0) is 50.0 Å². The predicted molar refractivity (Wildman–Crippen MR) is 56.5 cm³/mol. The molecule has 1 heteroatoms. The van der Waals surface area contributed by atoms with Crippen LogP contribution < -0.4 is 5.73 Å². The Morgan fingerprint density at radius 1 is 1.00 bits per heavy atom. The molecule has 0 saturated heterocycles. The van der Waals surface area contributed by atoms with Gasteiger partial charge in [-0.15, -0.1) is 0 Å². The lowest BCUT2D eigenvalue weighted by Crippen LogP contribution is -2.29. The first-order chi connectivity index (χ1) is 6.37. The molecule has 2 aliphatic rings. The van der Waals surface area contributed by atoms with Gasteiger partial charge in [0.2, 0.25) is 0 Å². The number of hydrogen-bond acceptors (Lipinski definition) is 1. The fourth-order valence-corrected chi connectivity index (χ4v) is 3.78. The van der Waals surface area contributed by atoms with E-state index >= 15 is 0 Å². The van der Waals surface area contributed by atoms with Crippen LogP contribution in [0.3, 0.4) is 0 Å². The molecule has 1 nitrogen and oxygen atoms in total. The van der Waals surface area contributed by atoms with E-state index in [2.05, 4.69) is 0 Å².